The molecule has 0 aromatic heterocycles. The van der Waals surface area contributed by atoms with Crippen LogP contribution in [0.4, 0.5) is 0 Å². The minimum absolute atomic E-state index is 0.704. The normalized spacial score (nSPS) is 11.4. The summed E-state index contributed by atoms with van der Waals surface area (Å²) in [6.45, 7) is 12.8. The Bertz CT molecular complexity index is 139. The Morgan fingerprint density at radius 1 is 0.684 bits per heavy atom. The van der Waals surface area contributed by atoms with Gasteiger partial charge in [0.05, 0.1) is 0 Å². The van der Waals surface area contributed by atoms with Crippen molar-refractivity contribution in [1.82, 2.24) is 20.9 Å². The van der Waals surface area contributed by atoms with Crippen molar-refractivity contribution >= 4 is 0 Å². The van der Waals surface area contributed by atoms with Crippen LogP contribution in [0.1, 0.15) is 13.3 Å². The molecule has 0 bridgehead atoms. The van der Waals surface area contributed by atoms with Crippen LogP contribution in [0.15, 0.2) is 0 Å². The minimum atomic E-state index is 0.704. The van der Waals surface area contributed by atoms with E-state index >= 15 is 0 Å². The van der Waals surface area contributed by atoms with Gasteiger partial charge in [-0.15, -0.1) is 0 Å². The summed E-state index contributed by atoms with van der Waals surface area (Å²) in [5.41, 5.74) is 10.9. The monoisotopic (exact) mass is 274 g/mol. The summed E-state index contributed by atoms with van der Waals surface area (Å²) in [5, 5.41) is 10.1. The van der Waals surface area contributed by atoms with Crippen LogP contribution in [0.5, 0.6) is 0 Å². The summed E-state index contributed by atoms with van der Waals surface area (Å²) in [4.78, 5) is 2.47. The van der Waals surface area contributed by atoms with E-state index < -0.39 is 0 Å². The first kappa shape index (κ1) is 18.8. The lowest BCUT2D eigenvalue weighted by molar-refractivity contribution is 0.273. The zero-order chi connectivity index (χ0) is 14.2. The number of rotatable bonds is 15. The quantitative estimate of drug-likeness (QED) is 0.231. The predicted octanol–water partition coefficient (Wildman–Crippen LogP) is -1.62. The van der Waals surface area contributed by atoms with Crippen LogP contribution in [0.3, 0.4) is 0 Å². The first-order valence-electron chi connectivity index (χ1n) is 7.59. The Hall–Kier alpha value is -0.240. The van der Waals surface area contributed by atoms with Gasteiger partial charge in [0, 0.05) is 65.4 Å². The summed E-state index contributed by atoms with van der Waals surface area (Å²) in [6.07, 6.45) is 1.19. The van der Waals surface area contributed by atoms with Gasteiger partial charge in [0.2, 0.25) is 0 Å². The molecule has 0 aromatic rings. The molecule has 0 aliphatic carbocycles. The fourth-order valence-corrected chi connectivity index (χ4v) is 1.80. The second kappa shape index (κ2) is 15.8. The van der Waals surface area contributed by atoms with Crippen LogP contribution in [0, 0.1) is 0 Å². The fourth-order valence-electron chi connectivity index (χ4n) is 1.80. The topological polar surface area (TPSA) is 91.4 Å². The van der Waals surface area contributed by atoms with Crippen molar-refractivity contribution in [3.8, 4) is 0 Å². The summed E-state index contributed by atoms with van der Waals surface area (Å²) < 4.78 is 0. The molecule has 0 atom stereocenters. The lowest BCUT2D eigenvalue weighted by atomic mass is 10.4. The average Bonchev–Trinajstić information content (AvgIpc) is 2.43. The van der Waals surface area contributed by atoms with Crippen molar-refractivity contribution in [2.45, 2.75) is 13.3 Å². The van der Waals surface area contributed by atoms with Crippen LogP contribution in [-0.2, 0) is 0 Å². The minimum Gasteiger partial charge on any atom is -0.329 e. The highest BCUT2D eigenvalue weighted by molar-refractivity contribution is 4.64. The number of hydrogen-bond acceptors (Lipinski definition) is 6. The summed E-state index contributed by atoms with van der Waals surface area (Å²) in [7, 11) is 0. The van der Waals surface area contributed by atoms with Crippen LogP contribution in [-0.4, -0.2) is 76.9 Å². The van der Waals surface area contributed by atoms with E-state index in [-0.39, 0.29) is 0 Å². The first-order valence-corrected chi connectivity index (χ1v) is 7.59. The summed E-state index contributed by atoms with van der Waals surface area (Å²) >= 11 is 0. The Morgan fingerprint density at radius 3 is 1.47 bits per heavy atom. The number of nitrogens with one attached hydrogen (secondary N) is 3. The highest BCUT2D eigenvalue weighted by Crippen LogP contribution is 1.86. The number of nitrogens with two attached hydrogens (primary N) is 2. The van der Waals surface area contributed by atoms with E-state index in [1.165, 1.54) is 6.42 Å². The third-order valence-electron chi connectivity index (χ3n) is 2.88. The Balaban J connectivity index is 3.66. The van der Waals surface area contributed by atoms with Gasteiger partial charge in [-0.1, -0.05) is 6.92 Å². The van der Waals surface area contributed by atoms with Gasteiger partial charge in [-0.05, 0) is 13.0 Å². The average molecular weight is 274 g/mol. The Morgan fingerprint density at radius 2 is 1.11 bits per heavy atom. The summed E-state index contributed by atoms with van der Waals surface area (Å²) in [5.74, 6) is 0. The molecule has 0 saturated carbocycles. The van der Waals surface area contributed by atoms with Crippen LogP contribution < -0.4 is 27.4 Å². The lowest BCUT2D eigenvalue weighted by Crippen LogP contribution is -2.41. The molecule has 0 spiro atoms. The molecule has 0 heterocycles. The molecule has 0 rings (SSSR count). The van der Waals surface area contributed by atoms with Gasteiger partial charge in [-0.2, -0.15) is 0 Å². The number of hydrogen-bond donors (Lipinski definition) is 5. The lowest BCUT2D eigenvalue weighted by Gasteiger charge is -2.23. The largest absolute Gasteiger partial charge is 0.329 e. The van der Waals surface area contributed by atoms with Crippen molar-refractivity contribution in [3.05, 3.63) is 0 Å². The third-order valence-corrected chi connectivity index (χ3v) is 2.88. The van der Waals surface area contributed by atoms with E-state index in [1.54, 1.807) is 0 Å². The molecular formula is C13H34N6. The molecular weight excluding hydrogens is 240 g/mol. The van der Waals surface area contributed by atoms with Crippen molar-refractivity contribution < 1.29 is 0 Å². The Labute approximate surface area is 118 Å². The highest BCUT2D eigenvalue weighted by Gasteiger charge is 2.03. The van der Waals surface area contributed by atoms with E-state index in [4.69, 9.17) is 11.5 Å². The molecule has 0 radical (unpaired) electrons. The molecule has 7 N–H and O–H groups in total. The molecule has 6 heteroatoms. The van der Waals surface area contributed by atoms with Crippen LogP contribution >= 0.6 is 0 Å². The summed E-state index contributed by atoms with van der Waals surface area (Å²) in [6, 6.07) is 0. The van der Waals surface area contributed by atoms with Gasteiger partial charge < -0.3 is 27.4 Å². The van der Waals surface area contributed by atoms with Crippen LogP contribution in [0.25, 0.3) is 0 Å². The van der Waals surface area contributed by atoms with Gasteiger partial charge in [-0.3, -0.25) is 4.90 Å². The molecule has 6 nitrogen and oxygen atoms in total. The van der Waals surface area contributed by atoms with E-state index in [0.29, 0.717) is 13.1 Å². The van der Waals surface area contributed by atoms with Crippen molar-refractivity contribution in [2.24, 2.45) is 11.5 Å². The molecule has 0 fully saturated rings. The predicted molar refractivity (Wildman–Crippen MR) is 83.4 cm³/mol. The molecule has 0 aromatic carbocycles. The van der Waals surface area contributed by atoms with E-state index in [0.717, 1.165) is 58.9 Å². The van der Waals surface area contributed by atoms with Gasteiger partial charge in [0.1, 0.15) is 0 Å². The molecule has 19 heavy (non-hydrogen) atoms. The second-order valence-electron chi connectivity index (χ2n) is 4.67. The molecule has 0 aliphatic rings. The third kappa shape index (κ3) is 14.0. The van der Waals surface area contributed by atoms with Gasteiger partial charge in [0.15, 0.2) is 0 Å². The molecule has 0 amide bonds. The van der Waals surface area contributed by atoms with Crippen molar-refractivity contribution in [3.63, 3.8) is 0 Å². The molecule has 0 aliphatic heterocycles. The van der Waals surface area contributed by atoms with E-state index in [1.807, 2.05) is 0 Å². The standard InChI is InChI=1S/C13H34N6/c1-2-5-16-8-11-19(12-9-17-6-3-14)13-10-18-7-4-15/h16-18H,2-15H2,1H3. The van der Waals surface area contributed by atoms with E-state index in [9.17, 15) is 0 Å². The second-order valence-corrected chi connectivity index (χ2v) is 4.67. The maximum atomic E-state index is 5.46. The molecule has 0 saturated heterocycles. The van der Waals surface area contributed by atoms with E-state index in [2.05, 4.69) is 27.8 Å². The van der Waals surface area contributed by atoms with Crippen LogP contribution in [0.2, 0.25) is 0 Å². The maximum Gasteiger partial charge on any atom is 0.0108 e. The first-order chi connectivity index (χ1) is 9.35. The SMILES string of the molecule is CCCNCCN(CCNCCN)CCNCCN. The smallest absolute Gasteiger partial charge is 0.0108 e. The zero-order valence-corrected chi connectivity index (χ0v) is 12.6. The number of nitrogens with zero attached hydrogens (tertiary/aromatic N) is 1. The van der Waals surface area contributed by atoms with Gasteiger partial charge in [-0.25, -0.2) is 0 Å². The van der Waals surface area contributed by atoms with Crippen molar-refractivity contribution in [2.75, 3.05) is 72.0 Å². The maximum absolute atomic E-state index is 5.46. The highest BCUT2D eigenvalue weighted by atomic mass is 15.2. The van der Waals surface area contributed by atoms with Gasteiger partial charge >= 0.3 is 0 Å². The van der Waals surface area contributed by atoms with Crippen molar-refractivity contribution in [1.29, 1.82) is 0 Å². The Kier molecular flexibility index (Phi) is 15.6. The van der Waals surface area contributed by atoms with Gasteiger partial charge in [0.25, 0.3) is 0 Å². The molecule has 116 valence electrons. The fraction of sp³-hybridized carbons (Fsp3) is 1.00. The zero-order valence-electron chi connectivity index (χ0n) is 12.6. The molecule has 0 unspecified atom stereocenters.